The Bertz CT molecular complexity index is 632. The fourth-order valence-corrected chi connectivity index (χ4v) is 2.22. The summed E-state index contributed by atoms with van der Waals surface area (Å²) < 4.78 is 5.71. The lowest BCUT2D eigenvalue weighted by Crippen LogP contribution is -2.27. The molecule has 0 aliphatic carbocycles. The van der Waals surface area contributed by atoms with Gasteiger partial charge in [0.15, 0.2) is 0 Å². The Morgan fingerprint density at radius 3 is 2.27 bits per heavy atom. The summed E-state index contributed by atoms with van der Waals surface area (Å²) in [5.41, 5.74) is 2.86. The maximum Gasteiger partial charge on any atom is 0.255 e. The van der Waals surface area contributed by atoms with Crippen molar-refractivity contribution in [2.75, 3.05) is 0 Å². The highest BCUT2D eigenvalue weighted by Crippen LogP contribution is 2.21. The zero-order valence-corrected chi connectivity index (χ0v) is 13.6. The standard InChI is InChI=1S/C19H23NO2/c1-13(2)22-18-8-6-5-7-17(18)19(21)20-15(4)16-11-9-14(3)10-12-16/h5-13,15H,1-4H3,(H,20,21)/t15-/m1/s1. The van der Waals surface area contributed by atoms with Gasteiger partial charge in [-0.2, -0.15) is 0 Å². The van der Waals surface area contributed by atoms with Gasteiger partial charge in [-0.1, -0.05) is 42.0 Å². The first-order valence-corrected chi connectivity index (χ1v) is 7.60. The van der Waals surface area contributed by atoms with Crippen molar-refractivity contribution in [1.82, 2.24) is 5.32 Å². The zero-order valence-electron chi connectivity index (χ0n) is 13.6. The Balaban J connectivity index is 2.13. The predicted octanol–water partition coefficient (Wildman–Crippen LogP) is 4.27. The van der Waals surface area contributed by atoms with E-state index in [1.165, 1.54) is 5.56 Å². The van der Waals surface area contributed by atoms with E-state index in [0.29, 0.717) is 11.3 Å². The molecule has 3 nitrogen and oxygen atoms in total. The first-order valence-electron chi connectivity index (χ1n) is 7.60. The van der Waals surface area contributed by atoms with Crippen LogP contribution in [0.4, 0.5) is 0 Å². The van der Waals surface area contributed by atoms with Crippen LogP contribution in [0.1, 0.15) is 48.3 Å². The van der Waals surface area contributed by atoms with Crippen molar-refractivity contribution in [1.29, 1.82) is 0 Å². The molecule has 1 atom stereocenters. The van der Waals surface area contributed by atoms with Crippen LogP contribution in [0.3, 0.4) is 0 Å². The van der Waals surface area contributed by atoms with Gasteiger partial charge in [-0.3, -0.25) is 4.79 Å². The van der Waals surface area contributed by atoms with E-state index in [9.17, 15) is 4.79 Å². The molecule has 1 amide bonds. The number of hydrogen-bond acceptors (Lipinski definition) is 2. The zero-order chi connectivity index (χ0) is 16.1. The van der Waals surface area contributed by atoms with Gasteiger partial charge in [-0.25, -0.2) is 0 Å². The number of amides is 1. The fraction of sp³-hybridized carbons (Fsp3) is 0.316. The van der Waals surface area contributed by atoms with Gasteiger partial charge in [0, 0.05) is 0 Å². The van der Waals surface area contributed by atoms with Crippen LogP contribution in [-0.2, 0) is 0 Å². The van der Waals surface area contributed by atoms with Crippen LogP contribution in [0.25, 0.3) is 0 Å². The largest absolute Gasteiger partial charge is 0.490 e. The molecule has 0 aromatic heterocycles. The predicted molar refractivity (Wildman–Crippen MR) is 89.3 cm³/mol. The monoisotopic (exact) mass is 297 g/mol. The summed E-state index contributed by atoms with van der Waals surface area (Å²) in [6.45, 7) is 7.92. The first kappa shape index (κ1) is 16.1. The molecule has 0 heterocycles. The fourth-order valence-electron chi connectivity index (χ4n) is 2.22. The van der Waals surface area contributed by atoms with E-state index in [0.717, 1.165) is 5.56 Å². The second kappa shape index (κ2) is 7.12. The minimum atomic E-state index is -0.121. The van der Waals surface area contributed by atoms with Gasteiger partial charge < -0.3 is 10.1 Å². The third-order valence-corrected chi connectivity index (χ3v) is 3.42. The molecule has 116 valence electrons. The number of aryl methyl sites for hydroxylation is 1. The Kier molecular flexibility index (Phi) is 5.21. The number of benzene rings is 2. The van der Waals surface area contributed by atoms with E-state index in [2.05, 4.69) is 5.32 Å². The van der Waals surface area contributed by atoms with Gasteiger partial charge in [0.1, 0.15) is 5.75 Å². The molecule has 3 heteroatoms. The number of nitrogens with one attached hydrogen (secondary N) is 1. The van der Waals surface area contributed by atoms with Gasteiger partial charge in [-0.05, 0) is 45.4 Å². The summed E-state index contributed by atoms with van der Waals surface area (Å²) >= 11 is 0. The topological polar surface area (TPSA) is 38.3 Å². The Hall–Kier alpha value is -2.29. The number of carbonyl (C=O) groups excluding carboxylic acids is 1. The normalized spacial score (nSPS) is 12.0. The van der Waals surface area contributed by atoms with E-state index in [1.807, 2.05) is 70.2 Å². The van der Waals surface area contributed by atoms with Crippen LogP contribution in [0.2, 0.25) is 0 Å². The molecular formula is C19H23NO2. The highest BCUT2D eigenvalue weighted by Gasteiger charge is 2.16. The summed E-state index contributed by atoms with van der Waals surface area (Å²) in [6.07, 6.45) is 0.0310. The molecule has 1 N–H and O–H groups in total. The van der Waals surface area contributed by atoms with Crippen LogP contribution in [0, 0.1) is 6.92 Å². The Morgan fingerprint density at radius 2 is 1.64 bits per heavy atom. The van der Waals surface area contributed by atoms with E-state index in [4.69, 9.17) is 4.74 Å². The summed E-state index contributed by atoms with van der Waals surface area (Å²) in [4.78, 5) is 12.5. The molecule has 2 rings (SSSR count). The van der Waals surface area contributed by atoms with E-state index >= 15 is 0 Å². The third kappa shape index (κ3) is 4.10. The highest BCUT2D eigenvalue weighted by molar-refractivity contribution is 5.97. The third-order valence-electron chi connectivity index (χ3n) is 3.42. The average molecular weight is 297 g/mol. The average Bonchev–Trinajstić information content (AvgIpc) is 2.47. The number of rotatable bonds is 5. The van der Waals surface area contributed by atoms with Crippen LogP contribution in [-0.4, -0.2) is 12.0 Å². The highest BCUT2D eigenvalue weighted by atomic mass is 16.5. The molecular weight excluding hydrogens is 274 g/mol. The number of ether oxygens (including phenoxy) is 1. The molecule has 0 aliphatic heterocycles. The van der Waals surface area contributed by atoms with Crippen molar-refractivity contribution < 1.29 is 9.53 Å². The Morgan fingerprint density at radius 1 is 1.00 bits per heavy atom. The summed E-state index contributed by atoms with van der Waals surface area (Å²) in [6, 6.07) is 15.5. The summed E-state index contributed by atoms with van der Waals surface area (Å²) in [7, 11) is 0. The molecule has 0 fully saturated rings. The van der Waals surface area contributed by atoms with Crippen molar-refractivity contribution in [2.45, 2.75) is 39.8 Å². The van der Waals surface area contributed by atoms with Gasteiger partial charge in [0.2, 0.25) is 0 Å². The number of para-hydroxylation sites is 1. The molecule has 0 saturated heterocycles. The first-order chi connectivity index (χ1) is 10.5. The van der Waals surface area contributed by atoms with E-state index in [-0.39, 0.29) is 18.1 Å². The van der Waals surface area contributed by atoms with Crippen molar-refractivity contribution in [3.05, 3.63) is 65.2 Å². The van der Waals surface area contributed by atoms with Gasteiger partial charge >= 0.3 is 0 Å². The lowest BCUT2D eigenvalue weighted by atomic mass is 10.1. The second-order valence-electron chi connectivity index (χ2n) is 5.77. The summed E-state index contributed by atoms with van der Waals surface area (Å²) in [5, 5.41) is 3.03. The molecule has 2 aromatic rings. The lowest BCUT2D eigenvalue weighted by molar-refractivity contribution is 0.0934. The van der Waals surface area contributed by atoms with Crippen LogP contribution in [0.5, 0.6) is 5.75 Å². The second-order valence-corrected chi connectivity index (χ2v) is 5.77. The SMILES string of the molecule is Cc1ccc([C@@H](C)NC(=O)c2ccccc2OC(C)C)cc1. The van der Waals surface area contributed by atoms with Crippen LogP contribution >= 0.6 is 0 Å². The maximum atomic E-state index is 12.5. The maximum absolute atomic E-state index is 12.5. The van der Waals surface area contributed by atoms with Gasteiger partial charge in [-0.15, -0.1) is 0 Å². The molecule has 0 saturated carbocycles. The number of carbonyl (C=O) groups is 1. The van der Waals surface area contributed by atoms with Gasteiger partial charge in [0.05, 0.1) is 17.7 Å². The molecule has 2 aromatic carbocycles. The number of hydrogen-bond donors (Lipinski definition) is 1. The smallest absolute Gasteiger partial charge is 0.255 e. The molecule has 0 bridgehead atoms. The minimum absolute atomic E-state index is 0.0310. The van der Waals surface area contributed by atoms with Crippen LogP contribution < -0.4 is 10.1 Å². The van der Waals surface area contributed by atoms with Gasteiger partial charge in [0.25, 0.3) is 5.91 Å². The quantitative estimate of drug-likeness (QED) is 0.895. The Labute approximate surface area is 132 Å². The van der Waals surface area contributed by atoms with Crippen molar-refractivity contribution in [3.63, 3.8) is 0 Å². The molecule has 0 unspecified atom stereocenters. The van der Waals surface area contributed by atoms with E-state index in [1.54, 1.807) is 6.07 Å². The van der Waals surface area contributed by atoms with Crippen molar-refractivity contribution in [2.24, 2.45) is 0 Å². The molecule has 0 radical (unpaired) electrons. The molecule has 0 spiro atoms. The van der Waals surface area contributed by atoms with E-state index < -0.39 is 0 Å². The van der Waals surface area contributed by atoms with Crippen LogP contribution in [0.15, 0.2) is 48.5 Å². The molecule has 22 heavy (non-hydrogen) atoms. The molecule has 0 aliphatic rings. The minimum Gasteiger partial charge on any atom is -0.490 e. The lowest BCUT2D eigenvalue weighted by Gasteiger charge is -2.17. The van der Waals surface area contributed by atoms with Crippen molar-refractivity contribution >= 4 is 5.91 Å². The van der Waals surface area contributed by atoms with Crippen molar-refractivity contribution in [3.8, 4) is 5.75 Å². The summed E-state index contributed by atoms with van der Waals surface area (Å²) in [5.74, 6) is 0.496.